The van der Waals surface area contributed by atoms with Crippen molar-refractivity contribution in [1.82, 2.24) is 9.97 Å². The van der Waals surface area contributed by atoms with Gasteiger partial charge in [-0.15, -0.1) is 0 Å². The van der Waals surface area contributed by atoms with Crippen LogP contribution in [0.25, 0.3) is 0 Å². The average molecular weight is 470 g/mol. The van der Waals surface area contributed by atoms with Crippen LogP contribution in [0.1, 0.15) is 16.1 Å². The van der Waals surface area contributed by atoms with E-state index >= 15 is 0 Å². The molecule has 0 saturated heterocycles. The van der Waals surface area contributed by atoms with Crippen LogP contribution in [0.3, 0.4) is 0 Å². The van der Waals surface area contributed by atoms with Gasteiger partial charge in [0.25, 0.3) is 5.91 Å². The number of anilines is 5. The summed E-state index contributed by atoms with van der Waals surface area (Å²) >= 11 is 0. The molecule has 1 aliphatic heterocycles. The number of rotatable bonds is 7. The Morgan fingerprint density at radius 2 is 1.51 bits per heavy atom. The van der Waals surface area contributed by atoms with Crippen LogP contribution in [0.4, 0.5) is 28.8 Å². The van der Waals surface area contributed by atoms with E-state index < -0.39 is 0 Å². The molecule has 1 aliphatic rings. The first-order valence-corrected chi connectivity index (χ1v) is 10.9. The van der Waals surface area contributed by atoms with E-state index in [0.29, 0.717) is 34.5 Å². The molecule has 3 aromatic carbocycles. The Labute approximate surface area is 202 Å². The largest absolute Gasteiger partial charge is 0.497 e. The number of nitrogens with zero attached hydrogens (tertiary/aromatic N) is 2. The molecule has 9 heteroatoms. The van der Waals surface area contributed by atoms with Gasteiger partial charge in [-0.3, -0.25) is 4.79 Å². The van der Waals surface area contributed by atoms with Gasteiger partial charge in [0.2, 0.25) is 12.7 Å². The predicted octanol–water partition coefficient (Wildman–Crippen LogP) is 5.26. The number of carbonyl (C=O) groups excluding carboxylic acids is 1. The van der Waals surface area contributed by atoms with Gasteiger partial charge in [-0.05, 0) is 73.7 Å². The standard InChI is InChI=1S/C26H23N5O4/c1-16-13-24(28-18-8-10-21(33-2)11-9-18)31-26(27-16)30-20-6-4-19(5-7-20)29-25(32)17-3-12-22-23(14-17)35-15-34-22/h3-14H,15H2,1-2H3,(H,29,32)(H2,27,28,30,31). The number of fused-ring (bicyclic) bond motifs is 1. The molecule has 0 fully saturated rings. The molecular weight excluding hydrogens is 446 g/mol. The zero-order valence-electron chi connectivity index (χ0n) is 19.2. The van der Waals surface area contributed by atoms with Crippen LogP contribution in [0.15, 0.2) is 72.8 Å². The van der Waals surface area contributed by atoms with E-state index in [9.17, 15) is 4.79 Å². The maximum atomic E-state index is 12.6. The van der Waals surface area contributed by atoms with E-state index in [1.165, 1.54) is 0 Å². The van der Waals surface area contributed by atoms with Crippen LogP contribution in [0.5, 0.6) is 17.2 Å². The van der Waals surface area contributed by atoms with Crippen LogP contribution in [-0.2, 0) is 0 Å². The highest BCUT2D eigenvalue weighted by Crippen LogP contribution is 2.32. The number of nitrogens with one attached hydrogen (secondary N) is 3. The van der Waals surface area contributed by atoms with Gasteiger partial charge in [-0.2, -0.15) is 4.98 Å². The lowest BCUT2D eigenvalue weighted by atomic mass is 10.2. The molecular formula is C26H23N5O4. The highest BCUT2D eigenvalue weighted by Gasteiger charge is 2.16. The second kappa shape index (κ2) is 9.60. The lowest BCUT2D eigenvalue weighted by Crippen LogP contribution is -2.11. The molecule has 4 aromatic rings. The van der Waals surface area contributed by atoms with E-state index in [1.54, 1.807) is 37.4 Å². The lowest BCUT2D eigenvalue weighted by molar-refractivity contribution is 0.102. The number of benzene rings is 3. The molecule has 9 nitrogen and oxygen atoms in total. The molecule has 1 aromatic heterocycles. The third kappa shape index (κ3) is 5.25. The average Bonchev–Trinajstić information content (AvgIpc) is 3.33. The molecule has 3 N–H and O–H groups in total. The number of hydrogen-bond donors (Lipinski definition) is 3. The Hall–Kier alpha value is -4.79. The van der Waals surface area contributed by atoms with Gasteiger partial charge >= 0.3 is 0 Å². The zero-order chi connectivity index (χ0) is 24.2. The highest BCUT2D eigenvalue weighted by molar-refractivity contribution is 6.04. The Bertz CT molecular complexity index is 1360. The lowest BCUT2D eigenvalue weighted by Gasteiger charge is -2.11. The number of aryl methyl sites for hydroxylation is 1. The molecule has 0 atom stereocenters. The normalized spacial score (nSPS) is 11.6. The summed E-state index contributed by atoms with van der Waals surface area (Å²) in [6.07, 6.45) is 0. The van der Waals surface area contributed by atoms with Crippen molar-refractivity contribution in [3.05, 3.63) is 84.1 Å². The maximum absolute atomic E-state index is 12.6. The molecule has 1 amide bonds. The van der Waals surface area contributed by atoms with Crippen molar-refractivity contribution in [2.24, 2.45) is 0 Å². The topological polar surface area (TPSA) is 107 Å². The molecule has 0 bridgehead atoms. The van der Waals surface area contributed by atoms with Crippen molar-refractivity contribution < 1.29 is 19.0 Å². The van der Waals surface area contributed by atoms with Gasteiger partial charge < -0.3 is 30.2 Å². The first-order valence-electron chi connectivity index (χ1n) is 10.9. The van der Waals surface area contributed by atoms with Gasteiger partial charge in [0.15, 0.2) is 11.5 Å². The number of methoxy groups -OCH3 is 1. The molecule has 5 rings (SSSR count). The van der Waals surface area contributed by atoms with Gasteiger partial charge in [0, 0.05) is 34.4 Å². The van der Waals surface area contributed by atoms with E-state index in [0.717, 1.165) is 22.8 Å². The summed E-state index contributed by atoms with van der Waals surface area (Å²) in [4.78, 5) is 21.6. The molecule has 0 aliphatic carbocycles. The number of amides is 1. The second-order valence-electron chi connectivity index (χ2n) is 7.80. The zero-order valence-corrected chi connectivity index (χ0v) is 19.2. The van der Waals surface area contributed by atoms with Gasteiger partial charge in [0.1, 0.15) is 11.6 Å². The summed E-state index contributed by atoms with van der Waals surface area (Å²) in [7, 11) is 1.63. The molecule has 35 heavy (non-hydrogen) atoms. The van der Waals surface area contributed by atoms with Crippen LogP contribution in [-0.4, -0.2) is 29.8 Å². The monoisotopic (exact) mass is 469 g/mol. The number of ether oxygens (including phenoxy) is 3. The molecule has 0 radical (unpaired) electrons. The van der Waals surface area contributed by atoms with E-state index in [1.807, 2.05) is 49.4 Å². The van der Waals surface area contributed by atoms with Gasteiger partial charge in [0.05, 0.1) is 7.11 Å². The first kappa shape index (κ1) is 22.0. The molecule has 2 heterocycles. The summed E-state index contributed by atoms with van der Waals surface area (Å²) in [5.74, 6) is 2.87. The summed E-state index contributed by atoms with van der Waals surface area (Å²) < 4.78 is 15.8. The van der Waals surface area contributed by atoms with Crippen molar-refractivity contribution >= 4 is 34.7 Å². The summed E-state index contributed by atoms with van der Waals surface area (Å²) in [5, 5.41) is 9.36. The second-order valence-corrected chi connectivity index (χ2v) is 7.80. The van der Waals surface area contributed by atoms with Crippen molar-refractivity contribution in [2.75, 3.05) is 29.9 Å². The molecule has 0 unspecified atom stereocenters. The summed E-state index contributed by atoms with van der Waals surface area (Å²) in [5.41, 5.74) is 3.63. The molecule has 176 valence electrons. The van der Waals surface area contributed by atoms with Crippen molar-refractivity contribution in [2.45, 2.75) is 6.92 Å². The first-order chi connectivity index (χ1) is 17.1. The maximum Gasteiger partial charge on any atom is 0.255 e. The molecule has 0 spiro atoms. The number of aromatic nitrogens is 2. The van der Waals surface area contributed by atoms with Crippen LogP contribution in [0, 0.1) is 6.92 Å². The molecule has 0 saturated carbocycles. The summed E-state index contributed by atoms with van der Waals surface area (Å²) in [6, 6.07) is 21.8. The SMILES string of the molecule is COc1ccc(Nc2cc(C)nc(Nc3ccc(NC(=O)c4ccc5c(c4)OCO5)cc3)n2)cc1. The smallest absolute Gasteiger partial charge is 0.255 e. The van der Waals surface area contributed by atoms with Crippen LogP contribution >= 0.6 is 0 Å². The predicted molar refractivity (Wildman–Crippen MR) is 133 cm³/mol. The Kier molecular flexibility index (Phi) is 6.04. The fraction of sp³-hybridized carbons (Fsp3) is 0.115. The minimum absolute atomic E-state index is 0.165. The van der Waals surface area contributed by atoms with Crippen molar-refractivity contribution in [3.8, 4) is 17.2 Å². The number of hydrogen-bond acceptors (Lipinski definition) is 8. The minimum Gasteiger partial charge on any atom is -0.497 e. The fourth-order valence-electron chi connectivity index (χ4n) is 3.52. The van der Waals surface area contributed by atoms with Gasteiger partial charge in [-0.1, -0.05) is 0 Å². The van der Waals surface area contributed by atoms with E-state index in [-0.39, 0.29) is 12.7 Å². The minimum atomic E-state index is -0.236. The Balaban J connectivity index is 1.24. The van der Waals surface area contributed by atoms with Crippen LogP contribution in [0.2, 0.25) is 0 Å². The fourth-order valence-corrected chi connectivity index (χ4v) is 3.52. The Morgan fingerprint density at radius 3 is 2.29 bits per heavy atom. The quantitative estimate of drug-likeness (QED) is 0.336. The highest BCUT2D eigenvalue weighted by atomic mass is 16.7. The summed E-state index contributed by atoms with van der Waals surface area (Å²) in [6.45, 7) is 2.07. The van der Waals surface area contributed by atoms with E-state index in [4.69, 9.17) is 14.2 Å². The van der Waals surface area contributed by atoms with E-state index in [2.05, 4.69) is 25.9 Å². The van der Waals surface area contributed by atoms with Crippen molar-refractivity contribution in [1.29, 1.82) is 0 Å². The third-order valence-electron chi connectivity index (χ3n) is 5.25. The van der Waals surface area contributed by atoms with Crippen LogP contribution < -0.4 is 30.2 Å². The Morgan fingerprint density at radius 1 is 0.829 bits per heavy atom. The number of carbonyl (C=O) groups is 1. The van der Waals surface area contributed by atoms with Gasteiger partial charge in [-0.25, -0.2) is 4.98 Å². The van der Waals surface area contributed by atoms with Crippen molar-refractivity contribution in [3.63, 3.8) is 0 Å². The third-order valence-corrected chi connectivity index (χ3v) is 5.25.